The zero-order valence-electron chi connectivity index (χ0n) is 18.6. The van der Waals surface area contributed by atoms with Crippen molar-refractivity contribution in [2.45, 2.75) is 89.5 Å². The number of aryl methyl sites for hydroxylation is 1. The second kappa shape index (κ2) is 14.2. The van der Waals surface area contributed by atoms with E-state index in [1.165, 1.54) is 38.5 Å². The fraction of sp³-hybridized carbons (Fsp3) is 0.857. The molecule has 0 spiro atoms. The Morgan fingerprint density at radius 1 is 1.17 bits per heavy atom. The average molecular weight is 534 g/mol. The van der Waals surface area contributed by atoms with E-state index in [-0.39, 0.29) is 24.0 Å². The molecule has 0 radical (unpaired) electrons. The molecule has 1 aromatic heterocycles. The van der Waals surface area contributed by atoms with Crippen LogP contribution in [0.25, 0.3) is 0 Å². The first-order valence-electron chi connectivity index (χ1n) is 11.3. The Bertz CT molecular complexity index is 633. The third-order valence-corrected chi connectivity index (χ3v) is 5.76. The summed E-state index contributed by atoms with van der Waals surface area (Å²) in [6.07, 6.45) is 12.5. The number of hydrogen-bond acceptors (Lipinski definition) is 5. The fourth-order valence-electron chi connectivity index (χ4n) is 4.15. The van der Waals surface area contributed by atoms with E-state index < -0.39 is 0 Å². The second-order valence-corrected chi connectivity index (χ2v) is 8.13. The van der Waals surface area contributed by atoms with Gasteiger partial charge in [-0.15, -0.1) is 24.0 Å². The molecule has 1 fully saturated rings. The lowest BCUT2D eigenvalue weighted by atomic mass is 9.98. The molecule has 0 saturated heterocycles. The monoisotopic (exact) mass is 534 g/mol. The van der Waals surface area contributed by atoms with Crippen molar-refractivity contribution in [2.24, 2.45) is 4.99 Å². The first kappa shape index (κ1) is 25.3. The summed E-state index contributed by atoms with van der Waals surface area (Å²) < 4.78 is 13.1. The molecule has 0 amide bonds. The van der Waals surface area contributed by atoms with Gasteiger partial charge in [0.05, 0.1) is 12.6 Å². The first-order chi connectivity index (χ1) is 14.3. The van der Waals surface area contributed by atoms with Gasteiger partial charge in [-0.25, -0.2) is 9.67 Å². The first-order valence-corrected chi connectivity index (χ1v) is 11.3. The molecule has 1 aliphatic heterocycles. The summed E-state index contributed by atoms with van der Waals surface area (Å²) >= 11 is 0. The molecule has 1 saturated carbocycles. The summed E-state index contributed by atoms with van der Waals surface area (Å²) in [5, 5.41) is 11.5. The Labute approximate surface area is 198 Å². The number of aliphatic imine (C=N–C) groups is 1. The topological polar surface area (TPSA) is 85.6 Å². The molecule has 1 unspecified atom stereocenters. The SMILES string of the molecule is CN=C(NCCCCCOC1CCCCC1)NC1CCc2nc(COC)nn2C1.I. The molecule has 0 bridgehead atoms. The lowest BCUT2D eigenvalue weighted by Crippen LogP contribution is -2.47. The smallest absolute Gasteiger partial charge is 0.191 e. The Kier molecular flexibility index (Phi) is 12.0. The van der Waals surface area contributed by atoms with E-state index in [0.717, 1.165) is 63.0 Å². The molecule has 9 heteroatoms. The molecular weight excluding hydrogens is 495 g/mol. The highest BCUT2D eigenvalue weighted by atomic mass is 127. The van der Waals surface area contributed by atoms with Crippen LogP contribution in [0.1, 0.15) is 69.4 Å². The number of nitrogens with zero attached hydrogens (tertiary/aromatic N) is 4. The highest BCUT2D eigenvalue weighted by Crippen LogP contribution is 2.20. The van der Waals surface area contributed by atoms with E-state index in [1.807, 2.05) is 11.7 Å². The third-order valence-electron chi connectivity index (χ3n) is 5.76. The lowest BCUT2D eigenvalue weighted by molar-refractivity contribution is 0.0264. The number of hydrogen-bond donors (Lipinski definition) is 2. The quantitative estimate of drug-likeness (QED) is 0.208. The van der Waals surface area contributed by atoms with Crippen LogP contribution >= 0.6 is 24.0 Å². The molecule has 1 atom stereocenters. The van der Waals surface area contributed by atoms with Gasteiger partial charge in [0.2, 0.25) is 0 Å². The van der Waals surface area contributed by atoms with Gasteiger partial charge in [-0.3, -0.25) is 4.99 Å². The normalized spacial score (nSPS) is 19.8. The number of halogens is 1. The molecular formula is C21H39IN6O2. The van der Waals surface area contributed by atoms with E-state index >= 15 is 0 Å². The van der Waals surface area contributed by atoms with Gasteiger partial charge >= 0.3 is 0 Å². The van der Waals surface area contributed by atoms with Crippen molar-refractivity contribution in [3.63, 3.8) is 0 Å². The largest absolute Gasteiger partial charge is 0.378 e. The molecule has 1 aliphatic carbocycles. The summed E-state index contributed by atoms with van der Waals surface area (Å²) in [6, 6.07) is 0.315. The van der Waals surface area contributed by atoms with Crippen molar-refractivity contribution in [2.75, 3.05) is 27.3 Å². The van der Waals surface area contributed by atoms with Crippen LogP contribution in [-0.4, -0.2) is 60.2 Å². The average Bonchev–Trinajstić information content (AvgIpc) is 3.15. The predicted octanol–water partition coefficient (Wildman–Crippen LogP) is 3.04. The van der Waals surface area contributed by atoms with Crippen molar-refractivity contribution in [1.82, 2.24) is 25.4 Å². The van der Waals surface area contributed by atoms with Crippen LogP contribution in [-0.2, 0) is 29.0 Å². The number of methoxy groups -OCH3 is 1. The molecule has 2 heterocycles. The summed E-state index contributed by atoms with van der Waals surface area (Å²) in [6.45, 7) is 3.12. The van der Waals surface area contributed by atoms with Crippen molar-refractivity contribution in [1.29, 1.82) is 0 Å². The standard InChI is InChI=1S/C21H38N6O2.HI/c1-22-21(23-13-7-4-8-14-29-18-9-5-3-6-10-18)24-17-11-12-20-25-19(16-28-2)26-27(20)15-17;/h17-18H,3-16H2,1-2H3,(H2,22,23,24);1H. The Hall–Kier alpha value is -0.940. The number of fused-ring (bicyclic) bond motifs is 1. The zero-order chi connectivity index (χ0) is 20.3. The molecule has 2 N–H and O–H groups in total. The van der Waals surface area contributed by atoms with Crippen molar-refractivity contribution < 1.29 is 9.47 Å². The van der Waals surface area contributed by atoms with Crippen LogP contribution in [0.2, 0.25) is 0 Å². The minimum Gasteiger partial charge on any atom is -0.378 e. The summed E-state index contributed by atoms with van der Waals surface area (Å²) in [4.78, 5) is 8.90. The number of nitrogens with one attached hydrogen (secondary N) is 2. The predicted molar refractivity (Wildman–Crippen MR) is 129 cm³/mol. The fourth-order valence-corrected chi connectivity index (χ4v) is 4.15. The van der Waals surface area contributed by atoms with Gasteiger partial charge in [-0.2, -0.15) is 5.10 Å². The maximum Gasteiger partial charge on any atom is 0.191 e. The Morgan fingerprint density at radius 2 is 2.00 bits per heavy atom. The van der Waals surface area contributed by atoms with Crippen molar-refractivity contribution in [3.05, 3.63) is 11.6 Å². The van der Waals surface area contributed by atoms with Gasteiger partial charge in [0, 0.05) is 39.8 Å². The number of ether oxygens (including phenoxy) is 2. The number of rotatable bonds is 10. The number of aromatic nitrogens is 3. The van der Waals surface area contributed by atoms with Crippen molar-refractivity contribution >= 4 is 29.9 Å². The molecule has 0 aromatic carbocycles. The van der Waals surface area contributed by atoms with Crippen molar-refractivity contribution in [3.8, 4) is 0 Å². The third kappa shape index (κ3) is 8.30. The lowest BCUT2D eigenvalue weighted by Gasteiger charge is -2.25. The second-order valence-electron chi connectivity index (χ2n) is 8.13. The summed E-state index contributed by atoms with van der Waals surface area (Å²) in [7, 11) is 3.50. The molecule has 3 rings (SSSR count). The summed E-state index contributed by atoms with van der Waals surface area (Å²) in [5.74, 6) is 2.68. The highest BCUT2D eigenvalue weighted by Gasteiger charge is 2.22. The van der Waals surface area contributed by atoms with Crippen LogP contribution in [0.3, 0.4) is 0 Å². The maximum atomic E-state index is 6.00. The van der Waals surface area contributed by atoms with E-state index in [0.29, 0.717) is 18.8 Å². The van der Waals surface area contributed by atoms with Gasteiger partial charge in [0.1, 0.15) is 12.4 Å². The van der Waals surface area contributed by atoms with E-state index in [1.54, 1.807) is 7.11 Å². The molecule has 172 valence electrons. The van der Waals surface area contributed by atoms with Crippen LogP contribution in [0.5, 0.6) is 0 Å². The number of guanidine groups is 1. The maximum absolute atomic E-state index is 6.00. The molecule has 30 heavy (non-hydrogen) atoms. The van der Waals surface area contributed by atoms with Gasteiger partial charge in [0.15, 0.2) is 11.8 Å². The zero-order valence-corrected chi connectivity index (χ0v) is 20.9. The van der Waals surface area contributed by atoms with Gasteiger partial charge in [-0.05, 0) is 38.5 Å². The van der Waals surface area contributed by atoms with Crippen LogP contribution in [0, 0.1) is 0 Å². The Balaban J connectivity index is 0.00000320. The van der Waals surface area contributed by atoms with E-state index in [4.69, 9.17) is 9.47 Å². The minimum atomic E-state index is 0. The van der Waals surface area contributed by atoms with Gasteiger partial charge in [0.25, 0.3) is 0 Å². The molecule has 1 aromatic rings. The van der Waals surface area contributed by atoms with E-state index in [2.05, 4.69) is 25.7 Å². The molecule has 8 nitrogen and oxygen atoms in total. The number of unbranched alkanes of at least 4 members (excludes halogenated alkanes) is 2. The van der Waals surface area contributed by atoms with Crippen LogP contribution in [0.4, 0.5) is 0 Å². The minimum absolute atomic E-state index is 0. The summed E-state index contributed by atoms with van der Waals surface area (Å²) in [5.41, 5.74) is 0. The van der Waals surface area contributed by atoms with Gasteiger partial charge < -0.3 is 20.1 Å². The highest BCUT2D eigenvalue weighted by molar-refractivity contribution is 14.0. The van der Waals surface area contributed by atoms with Crippen LogP contribution < -0.4 is 10.6 Å². The van der Waals surface area contributed by atoms with E-state index in [9.17, 15) is 0 Å². The van der Waals surface area contributed by atoms with Crippen LogP contribution in [0.15, 0.2) is 4.99 Å². The molecule has 2 aliphatic rings. The van der Waals surface area contributed by atoms with Gasteiger partial charge in [-0.1, -0.05) is 19.3 Å². The Morgan fingerprint density at radius 3 is 2.77 bits per heavy atom.